The van der Waals surface area contributed by atoms with E-state index in [9.17, 15) is 0 Å². The Hall–Kier alpha value is -1.17. The van der Waals surface area contributed by atoms with E-state index in [0.717, 1.165) is 0 Å². The van der Waals surface area contributed by atoms with Crippen molar-refractivity contribution in [2.24, 2.45) is 0 Å². The lowest BCUT2D eigenvalue weighted by molar-refractivity contribution is 0.866. The van der Waals surface area contributed by atoms with Gasteiger partial charge in [0.1, 0.15) is 0 Å². The Bertz CT molecular complexity index is 318. The number of nitrogens with zero attached hydrogens (tertiary/aromatic N) is 2. The van der Waals surface area contributed by atoms with Crippen LogP contribution in [0.2, 0.25) is 0 Å². The molecule has 0 radical (unpaired) electrons. The molecule has 0 saturated heterocycles. The number of H-pyrrole nitrogens is 1. The fourth-order valence-corrected chi connectivity index (χ4v) is 0.932. The molecule has 6 heteroatoms. The second-order valence-electron chi connectivity index (χ2n) is 2.66. The lowest BCUT2D eigenvalue weighted by Gasteiger charge is -2.07. The highest BCUT2D eigenvalue weighted by molar-refractivity contribution is 7.71. The zero-order valence-electron chi connectivity index (χ0n) is 6.96. The van der Waals surface area contributed by atoms with Gasteiger partial charge in [-0.2, -0.15) is 9.97 Å². The summed E-state index contributed by atoms with van der Waals surface area (Å²) in [5.74, 6) is 0.834. The average molecular weight is 185 g/mol. The molecule has 5 nitrogen and oxygen atoms in total. The quantitative estimate of drug-likeness (QED) is 0.597. The largest absolute Gasteiger partial charge is 0.369 e. The van der Waals surface area contributed by atoms with Gasteiger partial charge in [-0.1, -0.05) is 0 Å². The van der Waals surface area contributed by atoms with Crippen LogP contribution in [0.5, 0.6) is 0 Å². The minimum absolute atomic E-state index is 0.245. The van der Waals surface area contributed by atoms with Gasteiger partial charge in [-0.25, -0.2) is 0 Å². The molecule has 0 saturated carbocycles. The number of anilines is 2. The monoisotopic (exact) mass is 185 g/mol. The fourth-order valence-electron chi connectivity index (χ4n) is 0.743. The molecule has 1 aromatic heterocycles. The number of nitrogens with two attached hydrogens (primary N) is 1. The first kappa shape index (κ1) is 8.92. The van der Waals surface area contributed by atoms with E-state index in [-0.39, 0.29) is 16.8 Å². The summed E-state index contributed by atoms with van der Waals surface area (Å²) in [5.41, 5.74) is 5.42. The van der Waals surface area contributed by atoms with Crippen molar-refractivity contribution in [2.75, 3.05) is 11.1 Å². The Morgan fingerprint density at radius 3 is 2.67 bits per heavy atom. The van der Waals surface area contributed by atoms with E-state index >= 15 is 0 Å². The van der Waals surface area contributed by atoms with Crippen LogP contribution in [0.25, 0.3) is 0 Å². The van der Waals surface area contributed by atoms with Crippen molar-refractivity contribution >= 4 is 24.1 Å². The van der Waals surface area contributed by atoms with Gasteiger partial charge in [0.25, 0.3) is 0 Å². The van der Waals surface area contributed by atoms with E-state index < -0.39 is 0 Å². The van der Waals surface area contributed by atoms with Gasteiger partial charge in [-0.05, 0) is 26.1 Å². The van der Waals surface area contributed by atoms with Crippen LogP contribution >= 0.6 is 12.2 Å². The summed E-state index contributed by atoms with van der Waals surface area (Å²) in [6, 6.07) is 0.282. The Labute approximate surface area is 75.4 Å². The third kappa shape index (κ3) is 2.46. The van der Waals surface area contributed by atoms with Crippen molar-refractivity contribution in [1.29, 1.82) is 0 Å². The molecule has 1 heterocycles. The minimum Gasteiger partial charge on any atom is -0.369 e. The fraction of sp³-hybridized carbons (Fsp3) is 0.500. The van der Waals surface area contributed by atoms with Crippen LogP contribution in [-0.4, -0.2) is 21.0 Å². The summed E-state index contributed by atoms with van der Waals surface area (Å²) in [6.45, 7) is 3.99. The highest BCUT2D eigenvalue weighted by Gasteiger charge is 1.98. The number of aromatic nitrogens is 3. The van der Waals surface area contributed by atoms with Crippen LogP contribution in [-0.2, 0) is 0 Å². The zero-order valence-corrected chi connectivity index (χ0v) is 7.77. The molecule has 0 aliphatic rings. The smallest absolute Gasteiger partial charge is 0.225 e. The number of aromatic amines is 1. The van der Waals surface area contributed by atoms with Crippen LogP contribution in [0, 0.1) is 4.77 Å². The van der Waals surface area contributed by atoms with Crippen LogP contribution < -0.4 is 11.1 Å². The van der Waals surface area contributed by atoms with Crippen molar-refractivity contribution in [3.63, 3.8) is 0 Å². The molecular weight excluding hydrogens is 174 g/mol. The molecule has 0 aliphatic heterocycles. The van der Waals surface area contributed by atoms with Gasteiger partial charge in [0.15, 0.2) is 0 Å². The molecule has 0 amide bonds. The first-order valence-electron chi connectivity index (χ1n) is 3.58. The summed E-state index contributed by atoms with van der Waals surface area (Å²) < 4.78 is 0.245. The minimum atomic E-state index is 0.245. The maximum atomic E-state index is 5.42. The van der Waals surface area contributed by atoms with Gasteiger partial charge in [-0.3, -0.25) is 4.98 Å². The molecule has 1 rings (SSSR count). The predicted molar refractivity (Wildman–Crippen MR) is 50.4 cm³/mol. The topological polar surface area (TPSA) is 79.6 Å². The van der Waals surface area contributed by atoms with Crippen LogP contribution in [0.1, 0.15) is 13.8 Å². The van der Waals surface area contributed by atoms with Crippen molar-refractivity contribution in [2.45, 2.75) is 19.9 Å². The van der Waals surface area contributed by atoms with Gasteiger partial charge in [0, 0.05) is 6.04 Å². The molecule has 4 N–H and O–H groups in total. The molecule has 0 bridgehead atoms. The standard InChI is InChI=1S/C6H11N5S/c1-3(2)8-5-9-4(7)10-6(12)11-5/h3H,1-2H3,(H4,7,8,9,10,11,12). The Kier molecular flexibility index (Phi) is 2.59. The third-order valence-corrected chi connectivity index (χ3v) is 1.28. The van der Waals surface area contributed by atoms with Crippen LogP contribution in [0.4, 0.5) is 11.9 Å². The van der Waals surface area contributed by atoms with Gasteiger partial charge >= 0.3 is 0 Å². The lowest BCUT2D eigenvalue weighted by Crippen LogP contribution is -2.13. The maximum Gasteiger partial charge on any atom is 0.225 e. The van der Waals surface area contributed by atoms with Crippen LogP contribution in [0.3, 0.4) is 0 Å². The highest BCUT2D eigenvalue weighted by Crippen LogP contribution is 2.00. The predicted octanol–water partition coefficient (Wildman–Crippen LogP) is 0.937. The molecule has 12 heavy (non-hydrogen) atoms. The normalized spacial score (nSPS) is 10.2. The molecule has 0 spiro atoms. The number of hydrogen-bond acceptors (Lipinski definition) is 5. The first-order valence-corrected chi connectivity index (χ1v) is 3.99. The van der Waals surface area contributed by atoms with Gasteiger partial charge in [0.05, 0.1) is 0 Å². The number of hydrogen-bond donors (Lipinski definition) is 3. The van der Waals surface area contributed by atoms with E-state index in [1.807, 2.05) is 13.8 Å². The van der Waals surface area contributed by atoms with Crippen LogP contribution in [0.15, 0.2) is 0 Å². The molecule has 0 aromatic carbocycles. The van der Waals surface area contributed by atoms with E-state index in [1.165, 1.54) is 0 Å². The summed E-state index contributed by atoms with van der Waals surface area (Å²) >= 11 is 4.78. The van der Waals surface area contributed by atoms with E-state index in [2.05, 4.69) is 20.3 Å². The molecule has 0 aliphatic carbocycles. The maximum absolute atomic E-state index is 5.42. The number of nitrogen functional groups attached to an aromatic ring is 1. The Morgan fingerprint density at radius 2 is 2.17 bits per heavy atom. The third-order valence-electron chi connectivity index (χ3n) is 1.10. The molecular formula is C6H11N5S. The van der Waals surface area contributed by atoms with Crippen molar-refractivity contribution in [1.82, 2.24) is 15.0 Å². The Morgan fingerprint density at radius 1 is 1.50 bits per heavy atom. The van der Waals surface area contributed by atoms with Gasteiger partial charge in [0.2, 0.25) is 16.7 Å². The lowest BCUT2D eigenvalue weighted by atomic mass is 10.4. The molecule has 1 aromatic rings. The Balaban J connectivity index is 2.93. The molecule has 0 atom stereocenters. The zero-order chi connectivity index (χ0) is 9.14. The molecule has 66 valence electrons. The second-order valence-corrected chi connectivity index (χ2v) is 3.03. The SMILES string of the molecule is CC(C)Nc1nc(=S)nc(N)[nH]1. The van der Waals surface area contributed by atoms with E-state index in [4.69, 9.17) is 18.0 Å². The summed E-state index contributed by atoms with van der Waals surface area (Å²) in [4.78, 5) is 10.4. The van der Waals surface area contributed by atoms with Crippen molar-refractivity contribution < 1.29 is 0 Å². The summed E-state index contributed by atoms with van der Waals surface area (Å²) in [6.07, 6.45) is 0. The summed E-state index contributed by atoms with van der Waals surface area (Å²) in [5, 5.41) is 3.03. The first-order chi connectivity index (χ1) is 5.58. The van der Waals surface area contributed by atoms with Crippen molar-refractivity contribution in [3.8, 4) is 0 Å². The van der Waals surface area contributed by atoms with Crippen molar-refractivity contribution in [3.05, 3.63) is 4.77 Å². The van der Waals surface area contributed by atoms with Gasteiger partial charge in [-0.15, -0.1) is 0 Å². The van der Waals surface area contributed by atoms with Gasteiger partial charge < -0.3 is 11.1 Å². The number of nitrogens with one attached hydrogen (secondary N) is 2. The number of rotatable bonds is 2. The highest BCUT2D eigenvalue weighted by atomic mass is 32.1. The molecule has 0 fully saturated rings. The van der Waals surface area contributed by atoms with E-state index in [0.29, 0.717) is 5.95 Å². The average Bonchev–Trinajstić information content (AvgIpc) is 1.81. The second kappa shape index (κ2) is 3.48. The van der Waals surface area contributed by atoms with E-state index in [1.54, 1.807) is 0 Å². The molecule has 0 unspecified atom stereocenters. The summed E-state index contributed by atoms with van der Waals surface area (Å²) in [7, 11) is 0.